The number of aldehydes is 1. The summed E-state index contributed by atoms with van der Waals surface area (Å²) in [6.45, 7) is 0. The molecule has 21 heavy (non-hydrogen) atoms. The number of pyridine rings is 1. The van der Waals surface area contributed by atoms with Crippen LogP contribution in [0.2, 0.25) is 0 Å². The van der Waals surface area contributed by atoms with E-state index in [-0.39, 0.29) is 10.6 Å². The number of rotatable bonds is 4. The number of imidazole rings is 1. The Bertz CT molecular complexity index is 893. The minimum absolute atomic E-state index is 0.0375. The fraction of sp³-hybridized carbons (Fsp3) is 0.250. The predicted molar refractivity (Wildman–Crippen MR) is 76.2 cm³/mol. The number of aromatic nitrogens is 2. The molecule has 0 saturated heterocycles. The molecule has 1 fully saturated rings. The van der Waals surface area contributed by atoms with E-state index in [1.54, 1.807) is 0 Å². The number of hydrogen-bond donors (Lipinski definition) is 1. The lowest BCUT2D eigenvalue weighted by molar-refractivity contribution is 0.111. The Kier molecular flexibility index (Phi) is 3.12. The molecular formula is C12H9BrN4O3S. The van der Waals surface area contributed by atoms with Gasteiger partial charge in [0.2, 0.25) is 10.0 Å². The van der Waals surface area contributed by atoms with Gasteiger partial charge in [0.05, 0.1) is 21.6 Å². The average molecular weight is 369 g/mol. The highest BCUT2D eigenvalue weighted by Gasteiger charge is 2.46. The van der Waals surface area contributed by atoms with Gasteiger partial charge in [-0.25, -0.2) is 13.4 Å². The van der Waals surface area contributed by atoms with Gasteiger partial charge in [0.1, 0.15) is 11.2 Å². The van der Waals surface area contributed by atoms with E-state index in [2.05, 4.69) is 25.6 Å². The van der Waals surface area contributed by atoms with Crippen LogP contribution in [-0.2, 0) is 10.0 Å². The topological polar surface area (TPSA) is 104 Å². The van der Waals surface area contributed by atoms with Crippen LogP contribution in [-0.4, -0.2) is 29.6 Å². The molecule has 2 heterocycles. The molecule has 0 radical (unpaired) electrons. The van der Waals surface area contributed by atoms with Crippen molar-refractivity contribution >= 4 is 37.9 Å². The summed E-state index contributed by atoms with van der Waals surface area (Å²) in [6.07, 6.45) is 4.25. The molecule has 2 aromatic heterocycles. The maximum absolute atomic E-state index is 12.4. The maximum atomic E-state index is 12.4. The molecule has 7 nitrogen and oxygen atoms in total. The fourth-order valence-corrected chi connectivity index (χ4v) is 4.04. The molecular weight excluding hydrogens is 360 g/mol. The van der Waals surface area contributed by atoms with Gasteiger partial charge < -0.3 is 0 Å². The summed E-state index contributed by atoms with van der Waals surface area (Å²) in [5, 5.41) is 8.99. The molecule has 0 unspecified atom stereocenters. The Balaban J connectivity index is 2.12. The van der Waals surface area contributed by atoms with E-state index < -0.39 is 15.6 Å². The molecule has 1 aliphatic carbocycles. The molecule has 1 saturated carbocycles. The quantitative estimate of drug-likeness (QED) is 0.817. The number of nitrogens with one attached hydrogen (secondary N) is 1. The van der Waals surface area contributed by atoms with Crippen molar-refractivity contribution in [2.24, 2.45) is 0 Å². The van der Waals surface area contributed by atoms with Crippen molar-refractivity contribution in [3.63, 3.8) is 0 Å². The summed E-state index contributed by atoms with van der Waals surface area (Å²) >= 11 is 3.24. The van der Waals surface area contributed by atoms with Crippen LogP contribution in [0.25, 0.3) is 5.65 Å². The average Bonchev–Trinajstić information content (AvgIpc) is 3.07. The maximum Gasteiger partial charge on any atom is 0.243 e. The van der Waals surface area contributed by atoms with Gasteiger partial charge in [-0.15, -0.1) is 0 Å². The molecule has 0 bridgehead atoms. The zero-order valence-electron chi connectivity index (χ0n) is 10.6. The first-order valence-corrected chi connectivity index (χ1v) is 8.25. The number of fused-ring (bicyclic) bond motifs is 1. The van der Waals surface area contributed by atoms with E-state index in [4.69, 9.17) is 5.26 Å². The molecule has 3 rings (SSSR count). The Morgan fingerprint density at radius 1 is 1.52 bits per heavy atom. The van der Waals surface area contributed by atoms with Gasteiger partial charge in [-0.05, 0) is 34.8 Å². The second-order valence-corrected chi connectivity index (χ2v) is 7.35. The minimum Gasteiger partial charge on any atom is -0.296 e. The Morgan fingerprint density at radius 2 is 2.24 bits per heavy atom. The zero-order valence-corrected chi connectivity index (χ0v) is 13.0. The largest absolute Gasteiger partial charge is 0.296 e. The van der Waals surface area contributed by atoms with Crippen molar-refractivity contribution in [1.29, 1.82) is 5.26 Å². The Morgan fingerprint density at radius 3 is 2.81 bits per heavy atom. The summed E-state index contributed by atoms with van der Waals surface area (Å²) in [7, 11) is -3.85. The first-order valence-electron chi connectivity index (χ1n) is 5.98. The minimum atomic E-state index is -3.85. The summed E-state index contributed by atoms with van der Waals surface area (Å²) in [6, 6.07) is 3.37. The molecule has 0 spiro atoms. The van der Waals surface area contributed by atoms with Crippen LogP contribution in [0.1, 0.15) is 23.3 Å². The lowest BCUT2D eigenvalue weighted by Crippen LogP contribution is -2.35. The number of nitrogens with zero attached hydrogens (tertiary/aromatic N) is 3. The van der Waals surface area contributed by atoms with E-state index in [1.165, 1.54) is 22.9 Å². The third-order valence-corrected chi connectivity index (χ3v) is 5.38. The number of carbonyl (C=O) groups is 1. The second kappa shape index (κ2) is 4.62. The molecule has 9 heteroatoms. The highest BCUT2D eigenvalue weighted by molar-refractivity contribution is 9.10. The monoisotopic (exact) mass is 368 g/mol. The molecule has 0 aromatic carbocycles. The lowest BCUT2D eigenvalue weighted by Gasteiger charge is -2.11. The van der Waals surface area contributed by atoms with Crippen molar-refractivity contribution in [2.75, 3.05) is 0 Å². The zero-order chi connectivity index (χ0) is 15.3. The van der Waals surface area contributed by atoms with Crippen molar-refractivity contribution in [3.8, 4) is 6.07 Å². The Hall–Kier alpha value is -1.76. The molecule has 0 atom stereocenters. The van der Waals surface area contributed by atoms with Crippen LogP contribution >= 0.6 is 15.9 Å². The molecule has 1 aliphatic rings. The Labute approximate surface area is 128 Å². The van der Waals surface area contributed by atoms with Crippen LogP contribution in [0, 0.1) is 11.3 Å². The van der Waals surface area contributed by atoms with Crippen molar-refractivity contribution < 1.29 is 13.2 Å². The van der Waals surface area contributed by atoms with Gasteiger partial charge in [0.25, 0.3) is 0 Å². The summed E-state index contributed by atoms with van der Waals surface area (Å²) in [5.74, 6) is 0. The number of halogens is 1. The molecule has 0 aliphatic heterocycles. The smallest absolute Gasteiger partial charge is 0.243 e. The van der Waals surface area contributed by atoms with E-state index >= 15 is 0 Å². The van der Waals surface area contributed by atoms with Crippen LogP contribution in [0.3, 0.4) is 0 Å². The van der Waals surface area contributed by atoms with Gasteiger partial charge in [-0.1, -0.05) is 0 Å². The predicted octanol–water partition coefficient (Wildman–Crippen LogP) is 1.24. The van der Waals surface area contributed by atoms with E-state index in [0.717, 1.165) is 0 Å². The molecule has 2 aromatic rings. The van der Waals surface area contributed by atoms with Crippen LogP contribution < -0.4 is 4.72 Å². The number of hydrogen-bond acceptors (Lipinski definition) is 5. The third kappa shape index (κ3) is 2.35. The summed E-state index contributed by atoms with van der Waals surface area (Å²) in [5.41, 5.74) is -0.315. The van der Waals surface area contributed by atoms with Crippen molar-refractivity contribution in [2.45, 2.75) is 23.3 Å². The number of carbonyl (C=O) groups excluding carboxylic acids is 1. The summed E-state index contributed by atoms with van der Waals surface area (Å²) < 4.78 is 28.9. The first kappa shape index (κ1) is 14.2. The normalized spacial score (nSPS) is 16.6. The lowest BCUT2D eigenvalue weighted by atomic mass is 10.3. The van der Waals surface area contributed by atoms with Crippen molar-refractivity contribution in [1.82, 2.24) is 14.1 Å². The first-order chi connectivity index (χ1) is 9.91. The van der Waals surface area contributed by atoms with E-state index in [1.807, 2.05) is 6.07 Å². The van der Waals surface area contributed by atoms with Gasteiger partial charge in [-0.3, -0.25) is 9.20 Å². The highest BCUT2D eigenvalue weighted by atomic mass is 79.9. The SMILES string of the molecule is N#CC1(NS(=O)(=O)c2cc(Br)c3ncc(C=O)n3c2)CC1. The van der Waals surface area contributed by atoms with E-state index in [0.29, 0.717) is 29.2 Å². The molecule has 108 valence electrons. The summed E-state index contributed by atoms with van der Waals surface area (Å²) in [4.78, 5) is 14.9. The van der Waals surface area contributed by atoms with E-state index in [9.17, 15) is 13.2 Å². The molecule has 1 N–H and O–H groups in total. The standard InChI is InChI=1S/C12H9BrN4O3S/c13-10-3-9(5-17-8(6-18)4-15-11(10)17)21(19,20)16-12(7-14)1-2-12/h3-6,16H,1-2H2. The van der Waals surface area contributed by atoms with Gasteiger partial charge in [0.15, 0.2) is 11.9 Å². The van der Waals surface area contributed by atoms with Crippen LogP contribution in [0.5, 0.6) is 0 Å². The fourth-order valence-electron chi connectivity index (χ4n) is 1.95. The van der Waals surface area contributed by atoms with Crippen molar-refractivity contribution in [3.05, 3.63) is 28.6 Å². The highest BCUT2D eigenvalue weighted by Crippen LogP contribution is 2.36. The molecule has 0 amide bonds. The van der Waals surface area contributed by atoms with Gasteiger partial charge >= 0.3 is 0 Å². The number of nitriles is 1. The van der Waals surface area contributed by atoms with Gasteiger partial charge in [-0.2, -0.15) is 9.98 Å². The second-order valence-electron chi connectivity index (χ2n) is 4.82. The van der Waals surface area contributed by atoms with Crippen LogP contribution in [0.15, 0.2) is 27.8 Å². The third-order valence-electron chi connectivity index (χ3n) is 3.29. The van der Waals surface area contributed by atoms with Crippen LogP contribution in [0.4, 0.5) is 0 Å². The number of sulfonamides is 1. The van der Waals surface area contributed by atoms with Gasteiger partial charge in [0, 0.05) is 6.20 Å².